The van der Waals surface area contributed by atoms with Gasteiger partial charge in [0.05, 0.1) is 40.0 Å². The Labute approximate surface area is 180 Å². The van der Waals surface area contributed by atoms with E-state index in [9.17, 15) is 9.59 Å². The van der Waals surface area contributed by atoms with Crippen LogP contribution < -0.4 is 24.4 Å². The first kappa shape index (κ1) is 20.7. The minimum Gasteiger partial charge on any atom is -0.497 e. The molecule has 0 unspecified atom stereocenters. The van der Waals surface area contributed by atoms with Crippen LogP contribution in [0.15, 0.2) is 42.6 Å². The molecule has 1 aliphatic rings. The van der Waals surface area contributed by atoms with Crippen LogP contribution in [-0.2, 0) is 16.0 Å². The Morgan fingerprint density at radius 3 is 2.39 bits per heavy atom. The Bertz CT molecular complexity index is 1100. The lowest BCUT2D eigenvalue weighted by molar-refractivity contribution is -0.674. The van der Waals surface area contributed by atoms with Gasteiger partial charge in [0.25, 0.3) is 5.91 Å². The van der Waals surface area contributed by atoms with E-state index in [0.717, 1.165) is 28.6 Å². The minimum absolute atomic E-state index is 0.167. The van der Waals surface area contributed by atoms with Crippen LogP contribution in [-0.4, -0.2) is 50.7 Å². The monoisotopic (exact) mass is 424 g/mol. The second-order valence-corrected chi connectivity index (χ2v) is 7.45. The van der Waals surface area contributed by atoms with Crippen molar-refractivity contribution in [1.29, 1.82) is 0 Å². The number of anilines is 1. The van der Waals surface area contributed by atoms with Crippen molar-refractivity contribution >= 4 is 28.4 Å². The molecule has 162 valence electrons. The van der Waals surface area contributed by atoms with Crippen LogP contribution in [0.2, 0.25) is 0 Å². The first-order valence-electron chi connectivity index (χ1n) is 10.1. The normalized spacial score (nSPS) is 16.2. The number of hydrogen-bond acceptors (Lipinski definition) is 5. The topological polar surface area (TPSA) is 97.5 Å². The van der Waals surface area contributed by atoms with E-state index >= 15 is 0 Å². The Hall–Kier alpha value is -3.52. The van der Waals surface area contributed by atoms with Crippen LogP contribution >= 0.6 is 0 Å². The summed E-state index contributed by atoms with van der Waals surface area (Å²) in [4.78, 5) is 30.1. The number of imide groups is 1. The third-order valence-corrected chi connectivity index (χ3v) is 5.62. The molecule has 31 heavy (non-hydrogen) atoms. The fourth-order valence-electron chi connectivity index (χ4n) is 3.96. The standard InChI is InChI=1S/C23H25N3O5/c1-29-16-4-5-20-19(11-16)14(13-25-20)6-7-24-21-12-22(27)26(23(21)28)15-8-17(30-2)10-18(9-15)31-3/h4-5,8-11,13,21,24-25H,6-7,12H2,1-3H3/p+1/t21-/m1/s1. The zero-order valence-corrected chi connectivity index (χ0v) is 17.8. The summed E-state index contributed by atoms with van der Waals surface area (Å²) in [6.45, 7) is 0.684. The molecule has 2 amide bonds. The van der Waals surface area contributed by atoms with Crippen molar-refractivity contribution in [1.82, 2.24) is 4.98 Å². The molecule has 1 saturated heterocycles. The van der Waals surface area contributed by atoms with E-state index in [2.05, 4.69) is 4.98 Å². The number of carbonyl (C=O) groups is 2. The van der Waals surface area contributed by atoms with Gasteiger partial charge in [0.1, 0.15) is 17.2 Å². The van der Waals surface area contributed by atoms with Gasteiger partial charge in [-0.2, -0.15) is 0 Å². The van der Waals surface area contributed by atoms with Crippen molar-refractivity contribution in [2.75, 3.05) is 32.8 Å². The maximum absolute atomic E-state index is 13.0. The molecule has 0 spiro atoms. The molecule has 0 radical (unpaired) electrons. The van der Waals surface area contributed by atoms with Crippen molar-refractivity contribution in [2.45, 2.75) is 18.9 Å². The van der Waals surface area contributed by atoms with Gasteiger partial charge in [-0.05, 0) is 23.8 Å². The summed E-state index contributed by atoms with van der Waals surface area (Å²) in [7, 11) is 4.71. The summed E-state index contributed by atoms with van der Waals surface area (Å²) in [5.41, 5.74) is 2.66. The first-order chi connectivity index (χ1) is 15.0. The molecule has 3 aromatic rings. The highest BCUT2D eigenvalue weighted by Crippen LogP contribution is 2.31. The van der Waals surface area contributed by atoms with E-state index in [1.165, 1.54) is 19.1 Å². The first-order valence-corrected chi connectivity index (χ1v) is 10.1. The van der Waals surface area contributed by atoms with Gasteiger partial charge in [0, 0.05) is 41.7 Å². The summed E-state index contributed by atoms with van der Waals surface area (Å²) in [6.07, 6.45) is 2.91. The highest BCUT2D eigenvalue weighted by atomic mass is 16.5. The molecule has 8 heteroatoms. The molecule has 1 fully saturated rings. The van der Waals surface area contributed by atoms with Gasteiger partial charge >= 0.3 is 0 Å². The number of methoxy groups -OCH3 is 3. The van der Waals surface area contributed by atoms with Crippen molar-refractivity contribution in [3.05, 3.63) is 48.2 Å². The van der Waals surface area contributed by atoms with Gasteiger partial charge in [-0.25, -0.2) is 4.90 Å². The quantitative estimate of drug-likeness (QED) is 0.536. The lowest BCUT2D eigenvalue weighted by Gasteiger charge is -2.16. The van der Waals surface area contributed by atoms with Gasteiger partial charge in [0.15, 0.2) is 6.04 Å². The zero-order chi connectivity index (χ0) is 22.0. The van der Waals surface area contributed by atoms with Crippen LogP contribution in [0.5, 0.6) is 17.2 Å². The average Bonchev–Trinajstić information content (AvgIpc) is 3.32. The van der Waals surface area contributed by atoms with E-state index in [0.29, 0.717) is 23.7 Å². The number of aromatic amines is 1. The largest absolute Gasteiger partial charge is 0.497 e. The minimum atomic E-state index is -0.440. The zero-order valence-electron chi connectivity index (χ0n) is 17.8. The van der Waals surface area contributed by atoms with Crippen molar-refractivity contribution < 1.29 is 29.1 Å². The van der Waals surface area contributed by atoms with Gasteiger partial charge in [0.2, 0.25) is 5.91 Å². The molecule has 1 aliphatic heterocycles. The molecule has 0 aliphatic carbocycles. The van der Waals surface area contributed by atoms with Crippen LogP contribution in [0.1, 0.15) is 12.0 Å². The fourth-order valence-corrected chi connectivity index (χ4v) is 3.96. The van der Waals surface area contributed by atoms with Crippen LogP contribution in [0.25, 0.3) is 10.9 Å². The van der Waals surface area contributed by atoms with E-state index in [1.807, 2.05) is 29.7 Å². The molecule has 2 aromatic carbocycles. The Morgan fingerprint density at radius 2 is 1.71 bits per heavy atom. The molecule has 1 atom stereocenters. The number of hydrogen-bond donors (Lipinski definition) is 2. The maximum atomic E-state index is 13.0. The lowest BCUT2D eigenvalue weighted by Crippen LogP contribution is -2.92. The number of amides is 2. The molecule has 0 saturated carbocycles. The molecular weight excluding hydrogens is 398 g/mol. The summed E-state index contributed by atoms with van der Waals surface area (Å²) in [5.74, 6) is 1.41. The molecule has 1 aromatic heterocycles. The molecular formula is C23H26N3O5+. The van der Waals surface area contributed by atoms with E-state index in [4.69, 9.17) is 14.2 Å². The smallest absolute Gasteiger partial charge is 0.292 e. The number of fused-ring (bicyclic) bond motifs is 1. The van der Waals surface area contributed by atoms with E-state index in [1.54, 1.807) is 25.3 Å². The number of nitrogens with two attached hydrogens (primary N) is 1. The highest BCUT2D eigenvalue weighted by Gasteiger charge is 2.42. The van der Waals surface area contributed by atoms with Gasteiger partial charge < -0.3 is 24.5 Å². The number of carbonyl (C=O) groups excluding carboxylic acids is 2. The summed E-state index contributed by atoms with van der Waals surface area (Å²) in [5, 5.41) is 3.04. The van der Waals surface area contributed by atoms with Crippen molar-refractivity contribution in [2.24, 2.45) is 0 Å². The van der Waals surface area contributed by atoms with Gasteiger partial charge in [-0.1, -0.05) is 0 Å². The second-order valence-electron chi connectivity index (χ2n) is 7.45. The summed E-state index contributed by atoms with van der Waals surface area (Å²) in [6, 6.07) is 10.5. The van der Waals surface area contributed by atoms with E-state index in [-0.39, 0.29) is 18.2 Å². The van der Waals surface area contributed by atoms with Crippen molar-refractivity contribution in [3.63, 3.8) is 0 Å². The Balaban J connectivity index is 1.44. The molecule has 0 bridgehead atoms. The molecule has 4 rings (SSSR count). The number of nitrogens with zero attached hydrogens (tertiary/aromatic N) is 1. The number of quaternary nitrogens is 1. The number of benzene rings is 2. The number of rotatable bonds is 8. The molecule has 3 N–H and O–H groups in total. The number of nitrogens with one attached hydrogen (secondary N) is 1. The predicted octanol–water partition coefficient (Wildman–Crippen LogP) is 1.63. The highest BCUT2D eigenvalue weighted by molar-refractivity contribution is 6.22. The van der Waals surface area contributed by atoms with Crippen LogP contribution in [0, 0.1) is 0 Å². The lowest BCUT2D eigenvalue weighted by atomic mass is 10.1. The number of ether oxygens (including phenoxy) is 3. The van der Waals surface area contributed by atoms with E-state index < -0.39 is 6.04 Å². The van der Waals surface area contributed by atoms with Gasteiger partial charge in [-0.3, -0.25) is 9.59 Å². The molecule has 2 heterocycles. The maximum Gasteiger partial charge on any atom is 0.292 e. The summed E-state index contributed by atoms with van der Waals surface area (Å²) >= 11 is 0. The molecule has 8 nitrogen and oxygen atoms in total. The predicted molar refractivity (Wildman–Crippen MR) is 116 cm³/mol. The summed E-state index contributed by atoms with van der Waals surface area (Å²) < 4.78 is 15.8. The van der Waals surface area contributed by atoms with Crippen LogP contribution in [0.4, 0.5) is 5.69 Å². The SMILES string of the molecule is COc1cc(OC)cc(N2C(=O)C[C@@H]([NH2+]CCc3c[nH]c4ccc(OC)cc34)C2=O)c1. The van der Waals surface area contributed by atoms with Crippen LogP contribution in [0.3, 0.4) is 0 Å². The third kappa shape index (κ3) is 4.06. The second kappa shape index (κ2) is 8.69. The fraction of sp³-hybridized carbons (Fsp3) is 0.304. The third-order valence-electron chi connectivity index (χ3n) is 5.62. The number of H-pyrrole nitrogens is 1. The van der Waals surface area contributed by atoms with Gasteiger partial charge in [-0.15, -0.1) is 0 Å². The van der Waals surface area contributed by atoms with Crippen molar-refractivity contribution in [3.8, 4) is 17.2 Å². The number of aromatic nitrogens is 1. The average molecular weight is 424 g/mol. The Morgan fingerprint density at radius 1 is 1.00 bits per heavy atom. The Kier molecular flexibility index (Phi) is 5.81.